The third-order valence-electron chi connectivity index (χ3n) is 2.22. The average molecular weight is 223 g/mol. The van der Waals surface area contributed by atoms with Crippen molar-refractivity contribution in [2.45, 2.75) is 52.0 Å². The lowest BCUT2D eigenvalue weighted by molar-refractivity contribution is -0.110. The van der Waals surface area contributed by atoms with E-state index >= 15 is 0 Å². The second-order valence-electron chi connectivity index (χ2n) is 5.06. The summed E-state index contributed by atoms with van der Waals surface area (Å²) in [7, 11) is 0. The van der Waals surface area contributed by atoms with E-state index in [1.807, 2.05) is 20.8 Å². The maximum atomic E-state index is 10.3. The molecule has 0 aromatic heterocycles. The van der Waals surface area contributed by atoms with Gasteiger partial charge in [0.1, 0.15) is 6.29 Å². The van der Waals surface area contributed by atoms with Gasteiger partial charge in [-0.3, -0.25) is 0 Å². The highest BCUT2D eigenvalue weighted by molar-refractivity contribution is 5.52. The van der Waals surface area contributed by atoms with Crippen LogP contribution < -0.4 is 5.73 Å². The molecule has 0 fully saturated rings. The fraction of sp³-hybridized carbons (Fsp3) is 0.643. The molecule has 0 aromatic rings. The molecule has 16 heavy (non-hydrogen) atoms. The van der Waals surface area contributed by atoms with Crippen LogP contribution in [-0.2, 0) is 4.79 Å². The van der Waals surface area contributed by atoms with Crippen LogP contribution in [0.25, 0.3) is 0 Å². The van der Waals surface area contributed by atoms with E-state index in [9.17, 15) is 4.79 Å². The van der Waals surface area contributed by atoms with Gasteiger partial charge < -0.3 is 10.5 Å². The largest absolute Gasteiger partial charge is 0.325 e. The first-order chi connectivity index (χ1) is 7.45. The summed E-state index contributed by atoms with van der Waals surface area (Å²) in [4.78, 5) is 10.3. The molecule has 2 nitrogen and oxygen atoms in total. The van der Waals surface area contributed by atoms with E-state index in [0.717, 1.165) is 32.0 Å². The molecular weight excluding hydrogens is 198 g/mol. The van der Waals surface area contributed by atoms with Crippen LogP contribution in [0.3, 0.4) is 0 Å². The fourth-order valence-electron chi connectivity index (χ4n) is 1.18. The van der Waals surface area contributed by atoms with Crippen LogP contribution in [-0.4, -0.2) is 11.8 Å². The van der Waals surface area contributed by atoms with E-state index in [2.05, 4.69) is 24.3 Å². The van der Waals surface area contributed by atoms with E-state index in [4.69, 9.17) is 5.73 Å². The minimum Gasteiger partial charge on any atom is -0.325 e. The summed E-state index contributed by atoms with van der Waals surface area (Å²) in [6, 6.07) is 0. The predicted octanol–water partition coefficient (Wildman–Crippen LogP) is 3.23. The second-order valence-corrected chi connectivity index (χ2v) is 5.06. The smallest absolute Gasteiger partial charge is 0.123 e. The Hall–Kier alpha value is -0.890. The number of carbonyl (C=O) groups is 1. The first-order valence-electron chi connectivity index (χ1n) is 6.00. The molecule has 2 N–H and O–H groups in total. The first kappa shape index (κ1) is 15.1. The van der Waals surface area contributed by atoms with E-state index in [-0.39, 0.29) is 11.5 Å². The molecule has 0 spiro atoms. The highest BCUT2D eigenvalue weighted by Gasteiger charge is 2.05. The highest BCUT2D eigenvalue weighted by atomic mass is 16.1. The predicted molar refractivity (Wildman–Crippen MR) is 70.2 cm³/mol. The van der Waals surface area contributed by atoms with Crippen LogP contribution in [0.15, 0.2) is 24.3 Å². The summed E-state index contributed by atoms with van der Waals surface area (Å²) in [5, 5.41) is 0. The number of hydrogen-bond donors (Lipinski definition) is 1. The monoisotopic (exact) mass is 223 g/mol. The summed E-state index contributed by atoms with van der Waals surface area (Å²) in [5.74, 6) is 0.143. The van der Waals surface area contributed by atoms with Crippen molar-refractivity contribution in [2.75, 3.05) is 0 Å². The Balaban J connectivity index is 3.49. The molecule has 0 saturated heterocycles. The fourth-order valence-corrected chi connectivity index (χ4v) is 1.18. The molecular formula is C14H25NO. The van der Waals surface area contributed by atoms with Gasteiger partial charge >= 0.3 is 0 Å². The Morgan fingerprint density at radius 2 is 1.69 bits per heavy atom. The van der Waals surface area contributed by atoms with Gasteiger partial charge in [0.2, 0.25) is 0 Å². The second kappa shape index (κ2) is 8.28. The van der Waals surface area contributed by atoms with Crippen molar-refractivity contribution in [3.8, 4) is 0 Å². The topological polar surface area (TPSA) is 43.1 Å². The molecule has 1 atom stereocenters. The van der Waals surface area contributed by atoms with Crippen LogP contribution in [0.5, 0.6) is 0 Å². The molecule has 0 aliphatic carbocycles. The molecule has 92 valence electrons. The number of carbonyl (C=O) groups excluding carboxylic acids is 1. The van der Waals surface area contributed by atoms with Crippen molar-refractivity contribution in [3.05, 3.63) is 24.3 Å². The lowest BCUT2D eigenvalue weighted by Crippen LogP contribution is -2.30. The van der Waals surface area contributed by atoms with E-state index in [0.29, 0.717) is 0 Å². The molecule has 2 heteroatoms. The van der Waals surface area contributed by atoms with Crippen LogP contribution in [0.1, 0.15) is 46.5 Å². The highest BCUT2D eigenvalue weighted by Crippen LogP contribution is 2.05. The van der Waals surface area contributed by atoms with E-state index in [1.54, 1.807) is 0 Å². The number of aldehydes is 1. The molecule has 0 aliphatic rings. The van der Waals surface area contributed by atoms with Crippen molar-refractivity contribution in [2.24, 2.45) is 11.7 Å². The van der Waals surface area contributed by atoms with Gasteiger partial charge in [-0.25, -0.2) is 0 Å². The summed E-state index contributed by atoms with van der Waals surface area (Å²) in [6.45, 7) is 5.98. The summed E-state index contributed by atoms with van der Waals surface area (Å²) >= 11 is 0. The van der Waals surface area contributed by atoms with Gasteiger partial charge in [-0.15, -0.1) is 0 Å². The standard InChI is InChI=1S/C14H25NO/c1-13(12-16)10-8-6-4-5-7-9-11-14(2,3)15/h6-9,12-13H,4-5,10-11,15H2,1-3H3. The third-order valence-corrected chi connectivity index (χ3v) is 2.22. The molecule has 0 aliphatic heterocycles. The van der Waals surface area contributed by atoms with E-state index < -0.39 is 0 Å². The molecule has 1 unspecified atom stereocenters. The molecule has 0 bridgehead atoms. The van der Waals surface area contributed by atoms with Crippen molar-refractivity contribution in [3.63, 3.8) is 0 Å². The minimum atomic E-state index is -0.105. The van der Waals surface area contributed by atoms with Crippen LogP contribution in [0.4, 0.5) is 0 Å². The number of allylic oxidation sites excluding steroid dienone is 3. The molecule has 0 saturated carbocycles. The SMILES string of the molecule is CC(C=O)CC=CCCC=CCC(C)(C)N. The molecule has 0 rings (SSSR count). The maximum absolute atomic E-state index is 10.3. The van der Waals surface area contributed by atoms with Crippen molar-refractivity contribution in [1.82, 2.24) is 0 Å². The van der Waals surface area contributed by atoms with Gasteiger partial charge in [-0.05, 0) is 39.5 Å². The molecule has 0 amide bonds. The lowest BCUT2D eigenvalue weighted by Gasteiger charge is -2.14. The quantitative estimate of drug-likeness (QED) is 0.390. The van der Waals surface area contributed by atoms with Gasteiger partial charge in [0.25, 0.3) is 0 Å². The Morgan fingerprint density at radius 3 is 2.19 bits per heavy atom. The summed E-state index contributed by atoms with van der Waals surface area (Å²) in [6.07, 6.45) is 13.4. The van der Waals surface area contributed by atoms with Gasteiger partial charge in [0.15, 0.2) is 0 Å². The van der Waals surface area contributed by atoms with Crippen LogP contribution in [0.2, 0.25) is 0 Å². The summed E-state index contributed by atoms with van der Waals surface area (Å²) < 4.78 is 0. The number of nitrogens with two attached hydrogens (primary N) is 1. The number of rotatable bonds is 8. The zero-order valence-corrected chi connectivity index (χ0v) is 10.8. The maximum Gasteiger partial charge on any atom is 0.123 e. The van der Waals surface area contributed by atoms with Crippen molar-refractivity contribution < 1.29 is 4.79 Å². The molecule has 0 aromatic carbocycles. The number of unbranched alkanes of at least 4 members (excludes halogenated alkanes) is 1. The average Bonchev–Trinajstić information content (AvgIpc) is 2.20. The van der Waals surface area contributed by atoms with Gasteiger partial charge in [0, 0.05) is 11.5 Å². The Bertz CT molecular complexity index is 236. The summed E-state index contributed by atoms with van der Waals surface area (Å²) in [5.41, 5.74) is 5.74. The van der Waals surface area contributed by atoms with Crippen LogP contribution >= 0.6 is 0 Å². The molecule has 0 heterocycles. The molecule has 0 radical (unpaired) electrons. The van der Waals surface area contributed by atoms with E-state index in [1.165, 1.54) is 0 Å². The van der Waals surface area contributed by atoms with Crippen LogP contribution in [0, 0.1) is 5.92 Å². The third kappa shape index (κ3) is 11.2. The zero-order valence-electron chi connectivity index (χ0n) is 10.8. The Labute approximate surface area is 99.6 Å². The van der Waals surface area contributed by atoms with Gasteiger partial charge in [-0.2, -0.15) is 0 Å². The van der Waals surface area contributed by atoms with Crippen molar-refractivity contribution >= 4 is 6.29 Å². The Morgan fingerprint density at radius 1 is 1.12 bits per heavy atom. The number of hydrogen-bond acceptors (Lipinski definition) is 2. The van der Waals surface area contributed by atoms with Gasteiger partial charge in [0.05, 0.1) is 0 Å². The Kier molecular flexibility index (Phi) is 7.82. The van der Waals surface area contributed by atoms with Gasteiger partial charge in [-0.1, -0.05) is 31.2 Å². The zero-order chi connectivity index (χ0) is 12.4. The van der Waals surface area contributed by atoms with Crippen molar-refractivity contribution in [1.29, 1.82) is 0 Å². The first-order valence-corrected chi connectivity index (χ1v) is 6.00. The minimum absolute atomic E-state index is 0.105. The normalized spacial score (nSPS) is 14.8. The lowest BCUT2D eigenvalue weighted by atomic mass is 10.0.